The molecule has 1 aliphatic rings. The molecule has 6 heteroatoms. The van der Waals surface area contributed by atoms with Crippen LogP contribution in [0.1, 0.15) is 24.2 Å². The molecule has 0 bridgehead atoms. The van der Waals surface area contributed by atoms with Gasteiger partial charge in [0.15, 0.2) is 0 Å². The molecule has 1 fully saturated rings. The van der Waals surface area contributed by atoms with Crippen LogP contribution in [-0.4, -0.2) is 53.8 Å². The second kappa shape index (κ2) is 7.09. The zero-order chi connectivity index (χ0) is 17.0. The maximum absolute atomic E-state index is 12.5. The fraction of sp³-hybridized carbons (Fsp3) is 0.353. The Morgan fingerprint density at radius 1 is 1.04 bits per heavy atom. The summed E-state index contributed by atoms with van der Waals surface area (Å²) >= 11 is 0. The van der Waals surface area contributed by atoms with Crippen LogP contribution < -0.4 is 4.74 Å². The summed E-state index contributed by atoms with van der Waals surface area (Å²) < 4.78 is 4.99. The minimum atomic E-state index is -0.429. The minimum Gasteiger partial charge on any atom is -0.427 e. The highest BCUT2D eigenvalue weighted by Crippen LogP contribution is 2.16. The Hall–Kier alpha value is -2.63. The molecule has 1 aromatic rings. The molecule has 0 aromatic heterocycles. The van der Waals surface area contributed by atoms with Gasteiger partial charge in [-0.3, -0.25) is 14.4 Å². The molecule has 122 valence electrons. The summed E-state index contributed by atoms with van der Waals surface area (Å²) in [5.74, 6) is -0.295. The van der Waals surface area contributed by atoms with Gasteiger partial charge >= 0.3 is 5.97 Å². The van der Waals surface area contributed by atoms with Crippen LogP contribution in [0.5, 0.6) is 5.75 Å². The Morgan fingerprint density at radius 3 is 2.22 bits per heavy atom. The Kier molecular flexibility index (Phi) is 5.16. The van der Waals surface area contributed by atoms with Gasteiger partial charge in [0.25, 0.3) is 5.91 Å². The number of hydrogen-bond acceptors (Lipinski definition) is 4. The van der Waals surface area contributed by atoms with Crippen LogP contribution in [0, 0.1) is 0 Å². The highest BCUT2D eigenvalue weighted by molar-refractivity contribution is 5.95. The normalized spacial score (nSPS) is 14.3. The standard InChI is InChI=1S/C17H20N2O4/c1-12(2)16(21)18-7-9-19(10-8-18)17(22)14-5-4-6-15(11-14)23-13(3)20/h4-6,11H,1,7-10H2,2-3H3. The van der Waals surface area contributed by atoms with E-state index in [-0.39, 0.29) is 11.8 Å². The van der Waals surface area contributed by atoms with Crippen molar-refractivity contribution < 1.29 is 19.1 Å². The van der Waals surface area contributed by atoms with Crippen molar-refractivity contribution in [1.29, 1.82) is 0 Å². The summed E-state index contributed by atoms with van der Waals surface area (Å²) in [4.78, 5) is 38.8. The van der Waals surface area contributed by atoms with E-state index in [1.54, 1.807) is 41.0 Å². The Labute approximate surface area is 135 Å². The molecule has 1 heterocycles. The van der Waals surface area contributed by atoms with Crippen molar-refractivity contribution in [3.05, 3.63) is 42.0 Å². The van der Waals surface area contributed by atoms with Crippen LogP contribution >= 0.6 is 0 Å². The molecule has 0 N–H and O–H groups in total. The van der Waals surface area contributed by atoms with Crippen LogP contribution in [0.15, 0.2) is 36.4 Å². The SMILES string of the molecule is C=C(C)C(=O)N1CCN(C(=O)c2cccc(OC(C)=O)c2)CC1. The number of piperazine rings is 1. The molecule has 1 saturated heterocycles. The lowest BCUT2D eigenvalue weighted by Crippen LogP contribution is -2.50. The van der Waals surface area contributed by atoms with Crippen molar-refractivity contribution in [3.8, 4) is 5.75 Å². The van der Waals surface area contributed by atoms with E-state index in [0.29, 0.717) is 43.1 Å². The Bertz CT molecular complexity index is 646. The number of hydrogen-bond donors (Lipinski definition) is 0. The molecular formula is C17H20N2O4. The van der Waals surface area contributed by atoms with Gasteiger partial charge in [0.05, 0.1) is 0 Å². The van der Waals surface area contributed by atoms with E-state index in [1.165, 1.54) is 6.92 Å². The van der Waals surface area contributed by atoms with E-state index >= 15 is 0 Å². The number of esters is 1. The Morgan fingerprint density at radius 2 is 1.65 bits per heavy atom. The summed E-state index contributed by atoms with van der Waals surface area (Å²) in [5, 5.41) is 0. The van der Waals surface area contributed by atoms with Crippen LogP contribution in [0.3, 0.4) is 0 Å². The lowest BCUT2D eigenvalue weighted by atomic mass is 10.1. The zero-order valence-electron chi connectivity index (χ0n) is 13.4. The Balaban J connectivity index is 2.01. The smallest absolute Gasteiger partial charge is 0.308 e. The first-order valence-electron chi connectivity index (χ1n) is 7.41. The van der Waals surface area contributed by atoms with Gasteiger partial charge in [-0.15, -0.1) is 0 Å². The number of benzene rings is 1. The molecule has 6 nitrogen and oxygen atoms in total. The molecule has 23 heavy (non-hydrogen) atoms. The molecule has 2 rings (SSSR count). The minimum absolute atomic E-state index is 0.0750. The molecule has 1 aromatic carbocycles. The van der Waals surface area contributed by atoms with Crippen LogP contribution in [0.2, 0.25) is 0 Å². The van der Waals surface area contributed by atoms with Crippen molar-refractivity contribution in [2.24, 2.45) is 0 Å². The van der Waals surface area contributed by atoms with E-state index in [1.807, 2.05) is 0 Å². The first-order chi connectivity index (χ1) is 10.9. The van der Waals surface area contributed by atoms with E-state index < -0.39 is 5.97 Å². The molecule has 0 aliphatic carbocycles. The maximum atomic E-state index is 12.5. The fourth-order valence-corrected chi connectivity index (χ4v) is 2.42. The number of carbonyl (C=O) groups is 3. The second-order valence-electron chi connectivity index (χ2n) is 5.49. The van der Waals surface area contributed by atoms with Crippen molar-refractivity contribution in [2.75, 3.05) is 26.2 Å². The van der Waals surface area contributed by atoms with Crippen LogP contribution in [0.25, 0.3) is 0 Å². The number of amides is 2. The molecule has 0 saturated carbocycles. The molecule has 2 amide bonds. The fourth-order valence-electron chi connectivity index (χ4n) is 2.42. The first kappa shape index (κ1) is 16.7. The first-order valence-corrected chi connectivity index (χ1v) is 7.41. The highest BCUT2D eigenvalue weighted by Gasteiger charge is 2.25. The molecule has 1 aliphatic heterocycles. The van der Waals surface area contributed by atoms with Gasteiger partial charge in [-0.25, -0.2) is 0 Å². The summed E-state index contributed by atoms with van der Waals surface area (Å²) in [6.07, 6.45) is 0. The van der Waals surface area contributed by atoms with Gasteiger partial charge < -0.3 is 14.5 Å². The van der Waals surface area contributed by atoms with Crippen molar-refractivity contribution >= 4 is 17.8 Å². The van der Waals surface area contributed by atoms with Gasteiger partial charge in [0.1, 0.15) is 5.75 Å². The summed E-state index contributed by atoms with van der Waals surface area (Å²) in [6.45, 7) is 8.55. The second-order valence-corrected chi connectivity index (χ2v) is 5.49. The highest BCUT2D eigenvalue weighted by atomic mass is 16.5. The van der Waals surface area contributed by atoms with Crippen molar-refractivity contribution in [3.63, 3.8) is 0 Å². The number of ether oxygens (including phenoxy) is 1. The van der Waals surface area contributed by atoms with Crippen molar-refractivity contribution in [2.45, 2.75) is 13.8 Å². The molecule has 0 radical (unpaired) electrons. The predicted octanol–water partition coefficient (Wildman–Crippen LogP) is 1.47. The van der Waals surface area contributed by atoms with Gasteiger partial charge in [-0.05, 0) is 25.1 Å². The van der Waals surface area contributed by atoms with Crippen molar-refractivity contribution in [1.82, 2.24) is 9.80 Å². The number of rotatable bonds is 3. The summed E-state index contributed by atoms with van der Waals surface area (Å²) in [5.41, 5.74) is 0.960. The van der Waals surface area contributed by atoms with E-state index in [0.717, 1.165) is 0 Å². The van der Waals surface area contributed by atoms with Gasteiger partial charge in [-0.2, -0.15) is 0 Å². The van der Waals surface area contributed by atoms with Gasteiger partial charge in [0.2, 0.25) is 5.91 Å². The summed E-state index contributed by atoms with van der Waals surface area (Å²) in [6, 6.07) is 6.53. The molecule has 0 atom stereocenters. The van der Waals surface area contributed by atoms with E-state index in [2.05, 4.69) is 6.58 Å². The van der Waals surface area contributed by atoms with Gasteiger partial charge in [0, 0.05) is 44.2 Å². The summed E-state index contributed by atoms with van der Waals surface area (Å²) in [7, 11) is 0. The van der Waals surface area contributed by atoms with E-state index in [9.17, 15) is 14.4 Å². The largest absolute Gasteiger partial charge is 0.427 e. The van der Waals surface area contributed by atoms with Crippen LogP contribution in [-0.2, 0) is 9.59 Å². The molecule has 0 spiro atoms. The monoisotopic (exact) mass is 316 g/mol. The maximum Gasteiger partial charge on any atom is 0.308 e. The lowest BCUT2D eigenvalue weighted by molar-refractivity contribution is -0.132. The number of carbonyl (C=O) groups excluding carboxylic acids is 3. The van der Waals surface area contributed by atoms with E-state index in [4.69, 9.17) is 4.74 Å². The number of nitrogens with zero attached hydrogens (tertiary/aromatic N) is 2. The lowest BCUT2D eigenvalue weighted by Gasteiger charge is -2.35. The molecular weight excluding hydrogens is 296 g/mol. The van der Waals surface area contributed by atoms with Gasteiger partial charge in [-0.1, -0.05) is 12.6 Å². The third-order valence-electron chi connectivity index (χ3n) is 3.56. The molecule has 0 unspecified atom stereocenters. The third kappa shape index (κ3) is 4.18. The third-order valence-corrected chi connectivity index (χ3v) is 3.56. The predicted molar refractivity (Wildman–Crippen MR) is 85.0 cm³/mol. The topological polar surface area (TPSA) is 66.9 Å². The van der Waals surface area contributed by atoms with Crippen LogP contribution in [0.4, 0.5) is 0 Å². The zero-order valence-corrected chi connectivity index (χ0v) is 13.4. The quantitative estimate of drug-likeness (QED) is 0.481. The average molecular weight is 316 g/mol. The average Bonchev–Trinajstić information content (AvgIpc) is 2.53.